The molecule has 2 nitrogen and oxygen atoms in total. The first-order valence-electron chi connectivity index (χ1n) is 6.99. The second kappa shape index (κ2) is 5.33. The third kappa shape index (κ3) is 2.61. The topological polar surface area (TPSA) is 26.3 Å². The van der Waals surface area contributed by atoms with Gasteiger partial charge in [0.1, 0.15) is 5.82 Å². The van der Waals surface area contributed by atoms with Crippen molar-refractivity contribution in [2.75, 3.05) is 6.61 Å². The van der Waals surface area contributed by atoms with Gasteiger partial charge in [-0.15, -0.1) is 0 Å². The van der Waals surface area contributed by atoms with Gasteiger partial charge in [-0.1, -0.05) is 25.0 Å². The van der Waals surface area contributed by atoms with E-state index in [0.717, 1.165) is 25.7 Å². The molecule has 0 N–H and O–H groups in total. The Morgan fingerprint density at radius 1 is 1.26 bits per heavy atom. The molecule has 0 amide bonds. The summed E-state index contributed by atoms with van der Waals surface area (Å²) in [6.45, 7) is 0.658. The molecule has 0 aromatic heterocycles. The molecule has 1 aromatic carbocycles. The van der Waals surface area contributed by atoms with E-state index in [1.165, 1.54) is 18.9 Å². The van der Waals surface area contributed by atoms with Crippen molar-refractivity contribution in [3.63, 3.8) is 0 Å². The minimum Gasteiger partial charge on any atom is -0.375 e. The van der Waals surface area contributed by atoms with Crippen LogP contribution in [0.25, 0.3) is 0 Å². The maximum Gasteiger partial charge on any atom is 0.139 e. The number of halogens is 1. The monoisotopic (exact) mass is 282 g/mol. The van der Waals surface area contributed by atoms with Crippen LogP contribution in [0.1, 0.15) is 38.5 Å². The van der Waals surface area contributed by atoms with E-state index in [1.54, 1.807) is 18.2 Å². The predicted octanol–water partition coefficient (Wildman–Crippen LogP) is 3.43. The van der Waals surface area contributed by atoms with Gasteiger partial charge in [0.15, 0.2) is 0 Å². The molecule has 4 heteroatoms. The normalized spacial score (nSPS) is 27.5. The van der Waals surface area contributed by atoms with E-state index in [4.69, 9.17) is 4.74 Å². The van der Waals surface area contributed by atoms with E-state index in [1.807, 2.05) is 0 Å². The van der Waals surface area contributed by atoms with Gasteiger partial charge in [0.05, 0.1) is 21.3 Å². The highest BCUT2D eigenvalue weighted by molar-refractivity contribution is 7.85. The molecule has 2 unspecified atom stereocenters. The minimum atomic E-state index is -1.26. The molecule has 1 saturated heterocycles. The molecule has 3 rings (SSSR count). The number of hydrogen-bond acceptors (Lipinski definition) is 2. The molecule has 1 aromatic rings. The summed E-state index contributed by atoms with van der Waals surface area (Å²) in [5, 5.41) is 0.0312. The van der Waals surface area contributed by atoms with Gasteiger partial charge < -0.3 is 4.74 Å². The highest BCUT2D eigenvalue weighted by Crippen LogP contribution is 2.41. The first kappa shape index (κ1) is 13.3. The SMILES string of the molecule is O=S(c1ccccc1F)C1CCOC2(CCCC2)C1. The second-order valence-electron chi connectivity index (χ2n) is 5.58. The van der Waals surface area contributed by atoms with Gasteiger partial charge in [-0.2, -0.15) is 0 Å². The zero-order valence-electron chi connectivity index (χ0n) is 10.9. The number of benzene rings is 1. The summed E-state index contributed by atoms with van der Waals surface area (Å²) in [5.41, 5.74) is -0.0656. The predicted molar refractivity (Wildman–Crippen MR) is 73.0 cm³/mol. The first-order valence-corrected chi connectivity index (χ1v) is 8.21. The van der Waals surface area contributed by atoms with Crippen LogP contribution in [0.3, 0.4) is 0 Å². The molecule has 2 fully saturated rings. The van der Waals surface area contributed by atoms with Crippen LogP contribution >= 0.6 is 0 Å². The highest BCUT2D eigenvalue weighted by Gasteiger charge is 2.42. The molecule has 1 saturated carbocycles. The third-order valence-corrected chi connectivity index (χ3v) is 6.09. The summed E-state index contributed by atoms with van der Waals surface area (Å²) in [4.78, 5) is 0.350. The Bertz CT molecular complexity index is 483. The Kier molecular flexibility index (Phi) is 3.72. The van der Waals surface area contributed by atoms with Gasteiger partial charge in [-0.05, 0) is 37.8 Å². The van der Waals surface area contributed by atoms with Crippen LogP contribution in [-0.4, -0.2) is 21.7 Å². The lowest BCUT2D eigenvalue weighted by atomic mass is 9.92. The van der Waals surface area contributed by atoms with E-state index in [0.29, 0.717) is 11.5 Å². The number of rotatable bonds is 2. The molecular weight excluding hydrogens is 263 g/mol. The second-order valence-corrected chi connectivity index (χ2v) is 7.28. The van der Waals surface area contributed by atoms with Gasteiger partial charge in [0.25, 0.3) is 0 Å². The largest absolute Gasteiger partial charge is 0.375 e. The molecule has 1 aliphatic carbocycles. The van der Waals surface area contributed by atoms with Crippen molar-refractivity contribution in [3.05, 3.63) is 30.1 Å². The van der Waals surface area contributed by atoms with E-state index < -0.39 is 10.8 Å². The lowest BCUT2D eigenvalue weighted by molar-refractivity contribution is -0.0708. The van der Waals surface area contributed by atoms with Crippen LogP contribution in [0.2, 0.25) is 0 Å². The molecular formula is C15H19FO2S. The van der Waals surface area contributed by atoms with Crippen LogP contribution in [0.5, 0.6) is 0 Å². The van der Waals surface area contributed by atoms with Gasteiger partial charge in [0.2, 0.25) is 0 Å². The number of ether oxygens (including phenoxy) is 1. The molecule has 19 heavy (non-hydrogen) atoms. The summed E-state index contributed by atoms with van der Waals surface area (Å²) < 4.78 is 32.3. The van der Waals surface area contributed by atoms with E-state index >= 15 is 0 Å². The van der Waals surface area contributed by atoms with Gasteiger partial charge >= 0.3 is 0 Å². The Balaban J connectivity index is 1.78. The van der Waals surface area contributed by atoms with Crippen LogP contribution in [0, 0.1) is 5.82 Å². The van der Waals surface area contributed by atoms with Crippen molar-refractivity contribution in [1.82, 2.24) is 0 Å². The summed E-state index contributed by atoms with van der Waals surface area (Å²) >= 11 is 0. The molecule has 0 radical (unpaired) electrons. The highest BCUT2D eigenvalue weighted by atomic mass is 32.2. The van der Waals surface area contributed by atoms with Gasteiger partial charge in [0, 0.05) is 11.9 Å². The summed E-state index contributed by atoms with van der Waals surface area (Å²) in [6.07, 6.45) is 6.10. The molecule has 2 atom stereocenters. The summed E-state index contributed by atoms with van der Waals surface area (Å²) in [7, 11) is -1.26. The van der Waals surface area contributed by atoms with Crippen LogP contribution in [0.4, 0.5) is 4.39 Å². The van der Waals surface area contributed by atoms with Crippen molar-refractivity contribution in [1.29, 1.82) is 0 Å². The molecule has 0 bridgehead atoms. The summed E-state index contributed by atoms with van der Waals surface area (Å²) in [6, 6.07) is 6.42. The maximum absolute atomic E-state index is 13.7. The Hall–Kier alpha value is -0.740. The van der Waals surface area contributed by atoms with Gasteiger partial charge in [-0.3, -0.25) is 4.21 Å². The van der Waals surface area contributed by atoms with Crippen molar-refractivity contribution < 1.29 is 13.3 Å². The molecule has 1 aliphatic heterocycles. The zero-order chi connectivity index (χ0) is 13.3. The minimum absolute atomic E-state index is 0.0312. The third-order valence-electron chi connectivity index (χ3n) is 4.32. The fourth-order valence-corrected chi connectivity index (χ4v) is 4.92. The molecule has 1 spiro atoms. The first-order chi connectivity index (χ1) is 9.20. The van der Waals surface area contributed by atoms with Crippen molar-refractivity contribution in [2.45, 2.75) is 54.3 Å². The fourth-order valence-electron chi connectivity index (χ4n) is 3.32. The summed E-state index contributed by atoms with van der Waals surface area (Å²) in [5.74, 6) is -0.354. The van der Waals surface area contributed by atoms with Crippen LogP contribution in [-0.2, 0) is 15.5 Å². The lowest BCUT2D eigenvalue weighted by Gasteiger charge is -2.37. The van der Waals surface area contributed by atoms with Crippen LogP contribution in [0.15, 0.2) is 29.2 Å². The average Bonchev–Trinajstić information content (AvgIpc) is 2.86. The Morgan fingerprint density at radius 2 is 2.00 bits per heavy atom. The molecule has 1 heterocycles. The quantitative estimate of drug-likeness (QED) is 0.830. The van der Waals surface area contributed by atoms with Gasteiger partial charge in [-0.25, -0.2) is 4.39 Å². The van der Waals surface area contributed by atoms with E-state index in [2.05, 4.69) is 0 Å². The zero-order valence-corrected chi connectivity index (χ0v) is 11.8. The molecule has 104 valence electrons. The average molecular weight is 282 g/mol. The van der Waals surface area contributed by atoms with Crippen molar-refractivity contribution >= 4 is 10.8 Å². The van der Waals surface area contributed by atoms with Crippen molar-refractivity contribution in [2.24, 2.45) is 0 Å². The maximum atomic E-state index is 13.7. The standard InChI is InChI=1S/C15H19FO2S/c16-13-5-1-2-6-14(13)19(17)12-7-10-18-15(11-12)8-3-4-9-15/h1-2,5-6,12H,3-4,7-11H2. The van der Waals surface area contributed by atoms with E-state index in [-0.39, 0.29) is 16.7 Å². The Morgan fingerprint density at radius 3 is 2.74 bits per heavy atom. The number of hydrogen-bond donors (Lipinski definition) is 0. The van der Waals surface area contributed by atoms with Crippen LogP contribution < -0.4 is 0 Å². The lowest BCUT2D eigenvalue weighted by Crippen LogP contribution is -2.41. The van der Waals surface area contributed by atoms with E-state index in [9.17, 15) is 8.60 Å². The van der Waals surface area contributed by atoms with Crippen molar-refractivity contribution in [3.8, 4) is 0 Å². The smallest absolute Gasteiger partial charge is 0.139 e. The fraction of sp³-hybridized carbons (Fsp3) is 0.600. The Labute approximate surface area is 115 Å². The molecule has 2 aliphatic rings.